The van der Waals surface area contributed by atoms with Crippen LogP contribution in [0.4, 0.5) is 0 Å². The summed E-state index contributed by atoms with van der Waals surface area (Å²) >= 11 is 0. The highest BCUT2D eigenvalue weighted by atomic mass is 16.5. The van der Waals surface area contributed by atoms with Crippen LogP contribution in [-0.4, -0.2) is 30.4 Å². The Labute approximate surface area is 128 Å². The number of aliphatic hydroxyl groups excluding tert-OH is 1. The average molecular weight is 291 g/mol. The molecule has 0 bridgehead atoms. The van der Waals surface area contributed by atoms with E-state index in [1.807, 2.05) is 18.2 Å². The van der Waals surface area contributed by atoms with E-state index in [1.54, 1.807) is 0 Å². The third kappa shape index (κ3) is 5.01. The first-order valence-electron chi connectivity index (χ1n) is 8.33. The van der Waals surface area contributed by atoms with Crippen LogP contribution in [0.3, 0.4) is 0 Å². The summed E-state index contributed by atoms with van der Waals surface area (Å²) in [6.07, 6.45) is 5.75. The van der Waals surface area contributed by atoms with Crippen molar-refractivity contribution in [3.8, 4) is 5.75 Å². The van der Waals surface area contributed by atoms with Crippen molar-refractivity contribution in [1.82, 2.24) is 5.32 Å². The molecule has 1 aliphatic rings. The standard InChI is InChI=1S/C18H29NO2/c1-3-14(2)17-10-6-7-11-18(17)21-13-16(20)12-19-15-8-4-5-9-15/h6-7,10-11,14-16,19-20H,3-5,8-9,12-13H2,1-2H3/t14-,16-/m0/s1. The number of hydrogen-bond donors (Lipinski definition) is 2. The molecule has 0 heterocycles. The molecule has 0 aromatic heterocycles. The van der Waals surface area contributed by atoms with Crippen molar-refractivity contribution in [3.63, 3.8) is 0 Å². The predicted molar refractivity (Wildman–Crippen MR) is 86.9 cm³/mol. The van der Waals surface area contributed by atoms with Crippen LogP contribution in [0.25, 0.3) is 0 Å². The molecule has 21 heavy (non-hydrogen) atoms. The minimum atomic E-state index is -0.449. The van der Waals surface area contributed by atoms with Crippen LogP contribution in [0, 0.1) is 0 Å². The molecule has 0 radical (unpaired) electrons. The molecule has 0 aliphatic heterocycles. The number of nitrogens with one attached hydrogen (secondary N) is 1. The molecule has 2 N–H and O–H groups in total. The first-order valence-corrected chi connectivity index (χ1v) is 8.33. The van der Waals surface area contributed by atoms with Gasteiger partial charge in [0.15, 0.2) is 0 Å². The number of rotatable bonds is 8. The maximum atomic E-state index is 10.1. The van der Waals surface area contributed by atoms with Gasteiger partial charge < -0.3 is 15.2 Å². The molecule has 1 aliphatic carbocycles. The highest BCUT2D eigenvalue weighted by Crippen LogP contribution is 2.28. The molecule has 3 nitrogen and oxygen atoms in total. The van der Waals surface area contributed by atoms with Gasteiger partial charge in [-0.15, -0.1) is 0 Å². The minimum absolute atomic E-state index is 0.354. The van der Waals surface area contributed by atoms with Crippen LogP contribution in [0.5, 0.6) is 5.75 Å². The number of aliphatic hydroxyl groups is 1. The molecule has 0 saturated heterocycles. The fourth-order valence-electron chi connectivity index (χ4n) is 2.92. The fraction of sp³-hybridized carbons (Fsp3) is 0.667. The van der Waals surface area contributed by atoms with Crippen LogP contribution in [0.2, 0.25) is 0 Å². The zero-order valence-corrected chi connectivity index (χ0v) is 13.3. The Hall–Kier alpha value is -1.06. The average Bonchev–Trinajstić information content (AvgIpc) is 3.04. The second-order valence-electron chi connectivity index (χ2n) is 6.20. The SMILES string of the molecule is CC[C@H](C)c1ccccc1OC[C@@H](O)CNC1CCCC1. The lowest BCUT2D eigenvalue weighted by Crippen LogP contribution is -2.36. The number of hydrogen-bond acceptors (Lipinski definition) is 3. The lowest BCUT2D eigenvalue weighted by atomic mass is 9.98. The second-order valence-corrected chi connectivity index (χ2v) is 6.20. The maximum Gasteiger partial charge on any atom is 0.122 e. The molecule has 3 heteroatoms. The van der Waals surface area contributed by atoms with Crippen molar-refractivity contribution in [2.75, 3.05) is 13.2 Å². The van der Waals surface area contributed by atoms with E-state index >= 15 is 0 Å². The molecular weight excluding hydrogens is 262 g/mol. The van der Waals surface area contributed by atoms with Crippen LogP contribution in [0.1, 0.15) is 57.4 Å². The zero-order chi connectivity index (χ0) is 15.1. The smallest absolute Gasteiger partial charge is 0.122 e. The van der Waals surface area contributed by atoms with E-state index in [0.29, 0.717) is 25.1 Å². The summed E-state index contributed by atoms with van der Waals surface area (Å²) in [5.41, 5.74) is 1.23. The van der Waals surface area contributed by atoms with Crippen molar-refractivity contribution >= 4 is 0 Å². The maximum absolute atomic E-state index is 10.1. The third-order valence-electron chi connectivity index (χ3n) is 4.49. The second kappa shape index (κ2) is 8.40. The Morgan fingerprint density at radius 2 is 2.00 bits per heavy atom. The van der Waals surface area contributed by atoms with Crippen molar-refractivity contribution < 1.29 is 9.84 Å². The van der Waals surface area contributed by atoms with Gasteiger partial charge in [0.2, 0.25) is 0 Å². The topological polar surface area (TPSA) is 41.5 Å². The molecule has 0 unspecified atom stereocenters. The van der Waals surface area contributed by atoms with Gasteiger partial charge in [-0.1, -0.05) is 44.9 Å². The van der Waals surface area contributed by atoms with E-state index in [0.717, 1.165) is 12.2 Å². The van der Waals surface area contributed by atoms with Crippen molar-refractivity contribution in [2.24, 2.45) is 0 Å². The van der Waals surface area contributed by atoms with E-state index in [1.165, 1.54) is 31.2 Å². The summed E-state index contributed by atoms with van der Waals surface area (Å²) in [6, 6.07) is 8.74. The van der Waals surface area contributed by atoms with Crippen LogP contribution in [0.15, 0.2) is 24.3 Å². The van der Waals surface area contributed by atoms with Gasteiger partial charge >= 0.3 is 0 Å². The summed E-state index contributed by atoms with van der Waals surface area (Å²) in [4.78, 5) is 0. The fourth-order valence-corrected chi connectivity index (χ4v) is 2.92. The Morgan fingerprint density at radius 1 is 1.29 bits per heavy atom. The Bertz CT molecular complexity index is 415. The highest BCUT2D eigenvalue weighted by molar-refractivity contribution is 5.35. The van der Waals surface area contributed by atoms with Crippen molar-refractivity contribution in [1.29, 1.82) is 0 Å². The van der Waals surface area contributed by atoms with Gasteiger partial charge in [0.05, 0.1) is 0 Å². The molecule has 1 saturated carbocycles. The minimum Gasteiger partial charge on any atom is -0.491 e. The first-order chi connectivity index (χ1) is 10.2. The third-order valence-corrected chi connectivity index (χ3v) is 4.49. The van der Waals surface area contributed by atoms with Gasteiger partial charge in [-0.25, -0.2) is 0 Å². The molecule has 1 aromatic carbocycles. The van der Waals surface area contributed by atoms with E-state index in [4.69, 9.17) is 4.74 Å². The first kappa shape index (κ1) is 16.3. The number of benzene rings is 1. The molecule has 0 amide bonds. The normalized spacial score (nSPS) is 18.6. The zero-order valence-electron chi connectivity index (χ0n) is 13.3. The van der Waals surface area contributed by atoms with Gasteiger partial charge in [-0.2, -0.15) is 0 Å². The lowest BCUT2D eigenvalue weighted by Gasteiger charge is -2.19. The van der Waals surface area contributed by atoms with Gasteiger partial charge in [-0.3, -0.25) is 0 Å². The largest absolute Gasteiger partial charge is 0.491 e. The van der Waals surface area contributed by atoms with Crippen LogP contribution < -0.4 is 10.1 Å². The summed E-state index contributed by atoms with van der Waals surface area (Å²) in [6.45, 7) is 5.37. The quantitative estimate of drug-likeness (QED) is 0.770. The summed E-state index contributed by atoms with van der Waals surface area (Å²) in [5, 5.41) is 13.5. The molecule has 118 valence electrons. The van der Waals surface area contributed by atoms with Crippen molar-refractivity contribution in [2.45, 2.75) is 64.0 Å². The number of ether oxygens (including phenoxy) is 1. The van der Waals surface area contributed by atoms with Gasteiger partial charge in [0, 0.05) is 12.6 Å². The lowest BCUT2D eigenvalue weighted by molar-refractivity contribution is 0.103. The molecule has 1 fully saturated rings. The van der Waals surface area contributed by atoms with Gasteiger partial charge in [-0.05, 0) is 36.8 Å². The Morgan fingerprint density at radius 3 is 2.71 bits per heavy atom. The number of para-hydroxylation sites is 1. The van der Waals surface area contributed by atoms with E-state index in [9.17, 15) is 5.11 Å². The monoisotopic (exact) mass is 291 g/mol. The molecule has 2 atom stereocenters. The highest BCUT2D eigenvalue weighted by Gasteiger charge is 2.16. The van der Waals surface area contributed by atoms with E-state index < -0.39 is 6.10 Å². The van der Waals surface area contributed by atoms with Gasteiger partial charge in [0.25, 0.3) is 0 Å². The molecular formula is C18H29NO2. The summed E-state index contributed by atoms with van der Waals surface area (Å²) < 4.78 is 5.85. The van der Waals surface area contributed by atoms with E-state index in [2.05, 4.69) is 25.2 Å². The Balaban J connectivity index is 1.79. The van der Waals surface area contributed by atoms with Gasteiger partial charge in [0.1, 0.15) is 18.5 Å². The molecule has 0 spiro atoms. The Kier molecular flexibility index (Phi) is 6.52. The summed E-state index contributed by atoms with van der Waals surface area (Å²) in [7, 11) is 0. The van der Waals surface area contributed by atoms with Crippen molar-refractivity contribution in [3.05, 3.63) is 29.8 Å². The molecule has 2 rings (SSSR count). The predicted octanol–water partition coefficient (Wildman–Crippen LogP) is 3.47. The van der Waals surface area contributed by atoms with Crippen LogP contribution in [-0.2, 0) is 0 Å². The summed E-state index contributed by atoms with van der Waals surface area (Å²) in [5.74, 6) is 1.39. The molecule has 1 aromatic rings. The van der Waals surface area contributed by atoms with Crippen LogP contribution >= 0.6 is 0 Å². The van der Waals surface area contributed by atoms with E-state index in [-0.39, 0.29) is 0 Å².